The average Bonchev–Trinajstić information content (AvgIpc) is 2.60. The number of aromatic nitrogens is 2. The summed E-state index contributed by atoms with van der Waals surface area (Å²) >= 11 is 0. The Bertz CT molecular complexity index is 819. The molecule has 0 fully saturated rings. The van der Waals surface area contributed by atoms with E-state index in [0.29, 0.717) is 36.3 Å². The minimum atomic E-state index is -0.443. The van der Waals surface area contributed by atoms with Gasteiger partial charge in [-0.05, 0) is 30.9 Å². The summed E-state index contributed by atoms with van der Waals surface area (Å²) < 4.78 is 19.1. The fourth-order valence-electron chi connectivity index (χ4n) is 2.92. The van der Waals surface area contributed by atoms with Crippen molar-refractivity contribution in [2.45, 2.75) is 25.7 Å². The summed E-state index contributed by atoms with van der Waals surface area (Å²) in [6, 6.07) is 4.87. The second-order valence-electron chi connectivity index (χ2n) is 5.62. The zero-order valence-corrected chi connectivity index (χ0v) is 13.3. The number of hydrogen-bond acceptors (Lipinski definition) is 4. The molecule has 0 unspecified atom stereocenters. The van der Waals surface area contributed by atoms with Crippen molar-refractivity contribution in [2.24, 2.45) is 0 Å². The van der Waals surface area contributed by atoms with Crippen molar-refractivity contribution >= 4 is 11.7 Å². The number of nitrogens with one attached hydrogen (secondary N) is 1. The smallest absolute Gasteiger partial charge is 0.256 e. The van der Waals surface area contributed by atoms with Crippen molar-refractivity contribution in [3.63, 3.8) is 0 Å². The number of halogens is 1. The standard InChI is InChI=1S/C17H18FN3O3/c1-24-13-6-2-4-11(15(13)18)7-8-14(22)21-9-3-5-12-16(21)19-10-20-17(12)23/h2,4,6,10H,3,5,7-9H2,1H3,(H,19,20,23). The van der Waals surface area contributed by atoms with Gasteiger partial charge in [0.05, 0.1) is 19.0 Å². The quantitative estimate of drug-likeness (QED) is 0.927. The fourth-order valence-corrected chi connectivity index (χ4v) is 2.92. The first-order valence-corrected chi connectivity index (χ1v) is 7.80. The molecule has 126 valence electrons. The van der Waals surface area contributed by atoms with Crippen LogP contribution in [0.3, 0.4) is 0 Å². The molecule has 0 saturated heterocycles. The summed E-state index contributed by atoms with van der Waals surface area (Å²) in [5.74, 6) is -0.0322. The van der Waals surface area contributed by atoms with Gasteiger partial charge in [-0.15, -0.1) is 0 Å². The molecule has 0 bridgehead atoms. The summed E-state index contributed by atoms with van der Waals surface area (Å²) in [6.45, 7) is 0.517. The van der Waals surface area contributed by atoms with E-state index in [9.17, 15) is 14.0 Å². The number of carbonyl (C=O) groups is 1. The Morgan fingerprint density at radius 1 is 1.46 bits per heavy atom. The second-order valence-corrected chi connectivity index (χ2v) is 5.62. The summed E-state index contributed by atoms with van der Waals surface area (Å²) in [7, 11) is 1.40. The minimum absolute atomic E-state index is 0.137. The lowest BCUT2D eigenvalue weighted by atomic mass is 10.0. The van der Waals surface area contributed by atoms with E-state index in [1.165, 1.54) is 24.4 Å². The largest absolute Gasteiger partial charge is 0.494 e. The van der Waals surface area contributed by atoms with Crippen LogP contribution in [0.4, 0.5) is 10.2 Å². The Morgan fingerprint density at radius 3 is 3.08 bits per heavy atom. The first-order valence-electron chi connectivity index (χ1n) is 7.80. The number of H-pyrrole nitrogens is 1. The van der Waals surface area contributed by atoms with E-state index in [1.807, 2.05) is 0 Å². The van der Waals surface area contributed by atoms with Gasteiger partial charge < -0.3 is 9.72 Å². The van der Waals surface area contributed by atoms with Gasteiger partial charge in [-0.3, -0.25) is 14.5 Å². The van der Waals surface area contributed by atoms with Crippen molar-refractivity contribution in [1.82, 2.24) is 9.97 Å². The maximum Gasteiger partial charge on any atom is 0.256 e. The lowest BCUT2D eigenvalue weighted by Crippen LogP contribution is -2.38. The number of rotatable bonds is 4. The molecule has 2 aromatic rings. The molecule has 0 saturated carbocycles. The van der Waals surface area contributed by atoms with Crippen LogP contribution in [0.25, 0.3) is 0 Å². The SMILES string of the molecule is COc1cccc(CCC(=O)N2CCCc3c2nc[nH]c3=O)c1F. The summed E-state index contributed by atoms with van der Waals surface area (Å²) in [5, 5.41) is 0. The maximum absolute atomic E-state index is 14.1. The van der Waals surface area contributed by atoms with Gasteiger partial charge in [-0.1, -0.05) is 12.1 Å². The number of anilines is 1. The Kier molecular flexibility index (Phi) is 4.59. The molecule has 2 heterocycles. The predicted octanol–water partition coefficient (Wildman–Crippen LogP) is 1.83. The highest BCUT2D eigenvalue weighted by molar-refractivity contribution is 5.93. The van der Waals surface area contributed by atoms with Crippen molar-refractivity contribution in [2.75, 3.05) is 18.6 Å². The summed E-state index contributed by atoms with van der Waals surface area (Å²) in [6.07, 6.45) is 3.01. The molecule has 0 radical (unpaired) electrons. The maximum atomic E-state index is 14.1. The number of hydrogen-bond donors (Lipinski definition) is 1. The van der Waals surface area contributed by atoms with Gasteiger partial charge in [0.25, 0.3) is 5.56 Å². The van der Waals surface area contributed by atoms with E-state index in [1.54, 1.807) is 12.1 Å². The van der Waals surface area contributed by atoms with Crippen molar-refractivity contribution in [1.29, 1.82) is 0 Å². The predicted molar refractivity (Wildman–Crippen MR) is 86.8 cm³/mol. The first-order chi connectivity index (χ1) is 11.6. The Hall–Kier alpha value is -2.70. The molecule has 0 atom stereocenters. The monoisotopic (exact) mass is 331 g/mol. The fraction of sp³-hybridized carbons (Fsp3) is 0.353. The van der Waals surface area contributed by atoms with Crippen molar-refractivity contribution in [3.05, 3.63) is 51.8 Å². The van der Waals surface area contributed by atoms with Gasteiger partial charge in [0.1, 0.15) is 5.82 Å². The molecular weight excluding hydrogens is 313 g/mol. The molecule has 1 aromatic heterocycles. The van der Waals surface area contributed by atoms with Crippen molar-refractivity contribution < 1.29 is 13.9 Å². The van der Waals surface area contributed by atoms with E-state index in [-0.39, 0.29) is 30.1 Å². The number of aromatic amines is 1. The molecule has 1 N–H and O–H groups in total. The molecule has 0 spiro atoms. The molecule has 1 amide bonds. The third-order valence-corrected chi connectivity index (χ3v) is 4.16. The Labute approximate surface area is 138 Å². The zero-order chi connectivity index (χ0) is 17.1. The number of fused-ring (bicyclic) bond motifs is 1. The molecule has 24 heavy (non-hydrogen) atoms. The highest BCUT2D eigenvalue weighted by Gasteiger charge is 2.25. The molecular formula is C17H18FN3O3. The highest BCUT2D eigenvalue weighted by atomic mass is 19.1. The van der Waals surface area contributed by atoms with E-state index in [4.69, 9.17) is 4.74 Å². The number of benzene rings is 1. The van der Waals surface area contributed by atoms with Crippen LogP contribution >= 0.6 is 0 Å². The van der Waals surface area contributed by atoms with Crippen LogP contribution in [0.1, 0.15) is 24.0 Å². The van der Waals surface area contributed by atoms with Gasteiger partial charge in [-0.2, -0.15) is 0 Å². The summed E-state index contributed by atoms with van der Waals surface area (Å²) in [4.78, 5) is 32.5. The number of carbonyl (C=O) groups excluding carboxylic acids is 1. The van der Waals surface area contributed by atoms with Gasteiger partial charge in [0.15, 0.2) is 11.6 Å². The van der Waals surface area contributed by atoms with Crippen LogP contribution in [-0.4, -0.2) is 29.5 Å². The number of aryl methyl sites for hydroxylation is 1. The van der Waals surface area contributed by atoms with Gasteiger partial charge in [-0.25, -0.2) is 9.37 Å². The molecule has 1 aliphatic heterocycles. The third kappa shape index (κ3) is 3.02. The average molecular weight is 331 g/mol. The topological polar surface area (TPSA) is 75.3 Å². The van der Waals surface area contributed by atoms with Crippen LogP contribution in [0.2, 0.25) is 0 Å². The Morgan fingerprint density at radius 2 is 2.29 bits per heavy atom. The number of methoxy groups -OCH3 is 1. The van der Waals surface area contributed by atoms with E-state index >= 15 is 0 Å². The van der Waals surface area contributed by atoms with Gasteiger partial charge >= 0.3 is 0 Å². The van der Waals surface area contributed by atoms with Crippen LogP contribution in [0.5, 0.6) is 5.75 Å². The molecule has 3 rings (SSSR count). The van der Waals surface area contributed by atoms with E-state index in [2.05, 4.69) is 9.97 Å². The van der Waals surface area contributed by atoms with Gasteiger partial charge in [0.2, 0.25) is 5.91 Å². The van der Waals surface area contributed by atoms with Crippen LogP contribution in [0, 0.1) is 5.82 Å². The van der Waals surface area contributed by atoms with Gasteiger partial charge in [0, 0.05) is 13.0 Å². The molecule has 1 aliphatic rings. The first kappa shape index (κ1) is 16.2. The normalized spacial score (nSPS) is 13.5. The van der Waals surface area contributed by atoms with Crippen LogP contribution < -0.4 is 15.2 Å². The zero-order valence-electron chi connectivity index (χ0n) is 13.3. The highest BCUT2D eigenvalue weighted by Crippen LogP contribution is 2.24. The third-order valence-electron chi connectivity index (χ3n) is 4.16. The molecule has 1 aromatic carbocycles. The minimum Gasteiger partial charge on any atom is -0.494 e. The molecule has 7 heteroatoms. The number of amides is 1. The lowest BCUT2D eigenvalue weighted by Gasteiger charge is -2.27. The molecule has 0 aliphatic carbocycles. The lowest BCUT2D eigenvalue weighted by molar-refractivity contribution is -0.118. The van der Waals surface area contributed by atoms with E-state index < -0.39 is 5.82 Å². The second kappa shape index (κ2) is 6.82. The van der Waals surface area contributed by atoms with Crippen LogP contribution in [0.15, 0.2) is 29.3 Å². The summed E-state index contributed by atoms with van der Waals surface area (Å²) in [5.41, 5.74) is 0.750. The number of ether oxygens (including phenoxy) is 1. The van der Waals surface area contributed by atoms with Crippen molar-refractivity contribution in [3.8, 4) is 5.75 Å². The molecule has 6 nitrogen and oxygen atoms in total. The number of nitrogens with zero attached hydrogens (tertiary/aromatic N) is 2. The van der Waals surface area contributed by atoms with Crippen LogP contribution in [-0.2, 0) is 17.6 Å². The Balaban J connectivity index is 1.76. The van der Waals surface area contributed by atoms with E-state index in [0.717, 1.165) is 0 Å².